The van der Waals surface area contributed by atoms with Gasteiger partial charge in [-0.25, -0.2) is 0 Å². The van der Waals surface area contributed by atoms with Gasteiger partial charge in [0.2, 0.25) is 0 Å². The molecule has 2 aromatic rings. The predicted molar refractivity (Wildman–Crippen MR) is 60.2 cm³/mol. The number of carbonyl (C=O) groups is 1. The molecule has 0 bridgehead atoms. The van der Waals surface area contributed by atoms with Gasteiger partial charge in [0.15, 0.2) is 0 Å². The number of benzene rings is 2. The van der Waals surface area contributed by atoms with Crippen LogP contribution in [-0.4, -0.2) is 16.2 Å². The molecule has 82 valence electrons. The second-order valence-electron chi connectivity index (χ2n) is 3.54. The molecule has 4 heteroatoms. The highest BCUT2D eigenvalue weighted by Crippen LogP contribution is 2.31. The van der Waals surface area contributed by atoms with Crippen LogP contribution in [0.2, 0.25) is 0 Å². The van der Waals surface area contributed by atoms with E-state index in [1.807, 2.05) is 12.1 Å². The number of nitrogens with two attached hydrogens (primary N) is 1. The zero-order chi connectivity index (χ0) is 11.7. The Bertz CT molecular complexity index is 551. The van der Waals surface area contributed by atoms with Gasteiger partial charge in [-0.3, -0.25) is 4.79 Å². The van der Waals surface area contributed by atoms with Gasteiger partial charge < -0.3 is 15.9 Å². The van der Waals surface area contributed by atoms with E-state index in [-0.39, 0.29) is 11.3 Å². The summed E-state index contributed by atoms with van der Waals surface area (Å²) < 4.78 is 0. The standard InChI is InChI=1S/C12H11NO3/c13-11(12(15)16)10-8-4-2-1-3-7(8)5-6-9(10)14/h1-6,11,14H,13H2,(H,15,16). The van der Waals surface area contributed by atoms with E-state index in [9.17, 15) is 9.90 Å². The molecule has 0 saturated heterocycles. The van der Waals surface area contributed by atoms with Gasteiger partial charge in [0.05, 0.1) is 0 Å². The Balaban J connectivity index is 2.75. The molecule has 1 unspecified atom stereocenters. The number of aliphatic carboxylic acids is 1. The molecule has 1 atom stereocenters. The van der Waals surface area contributed by atoms with Crippen molar-refractivity contribution in [2.75, 3.05) is 0 Å². The maximum atomic E-state index is 10.9. The summed E-state index contributed by atoms with van der Waals surface area (Å²) in [4.78, 5) is 10.9. The molecular weight excluding hydrogens is 206 g/mol. The van der Waals surface area contributed by atoms with Gasteiger partial charge in [-0.05, 0) is 16.8 Å². The zero-order valence-electron chi connectivity index (χ0n) is 8.42. The van der Waals surface area contributed by atoms with Crippen LogP contribution in [0.4, 0.5) is 0 Å². The second kappa shape index (κ2) is 3.83. The van der Waals surface area contributed by atoms with Crippen LogP contribution >= 0.6 is 0 Å². The van der Waals surface area contributed by atoms with E-state index in [1.165, 1.54) is 6.07 Å². The first-order valence-electron chi connectivity index (χ1n) is 4.80. The second-order valence-corrected chi connectivity index (χ2v) is 3.54. The topological polar surface area (TPSA) is 83.6 Å². The lowest BCUT2D eigenvalue weighted by Gasteiger charge is -2.12. The number of hydrogen-bond donors (Lipinski definition) is 3. The maximum absolute atomic E-state index is 10.9. The highest BCUT2D eigenvalue weighted by atomic mass is 16.4. The molecule has 0 spiro atoms. The predicted octanol–water partition coefficient (Wildman–Crippen LogP) is 1.63. The summed E-state index contributed by atoms with van der Waals surface area (Å²) >= 11 is 0. The molecule has 0 aliphatic carbocycles. The van der Waals surface area contributed by atoms with E-state index < -0.39 is 12.0 Å². The van der Waals surface area contributed by atoms with Gasteiger partial charge in [-0.15, -0.1) is 0 Å². The normalized spacial score (nSPS) is 12.6. The van der Waals surface area contributed by atoms with Crippen molar-refractivity contribution in [1.29, 1.82) is 0 Å². The number of carboxylic acid groups (broad SMARTS) is 1. The first kappa shape index (κ1) is 10.4. The molecule has 0 heterocycles. The van der Waals surface area contributed by atoms with E-state index in [2.05, 4.69) is 0 Å². The number of hydrogen-bond acceptors (Lipinski definition) is 3. The summed E-state index contributed by atoms with van der Waals surface area (Å²) in [5, 5.41) is 20.1. The Hall–Kier alpha value is -2.07. The highest BCUT2D eigenvalue weighted by Gasteiger charge is 2.20. The van der Waals surface area contributed by atoms with Crippen molar-refractivity contribution in [3.05, 3.63) is 42.0 Å². The van der Waals surface area contributed by atoms with Gasteiger partial charge in [0.1, 0.15) is 11.8 Å². The largest absolute Gasteiger partial charge is 0.508 e. The van der Waals surface area contributed by atoms with Crippen molar-refractivity contribution < 1.29 is 15.0 Å². The average molecular weight is 217 g/mol. The molecule has 0 amide bonds. The molecule has 0 aliphatic rings. The minimum atomic E-state index is -1.22. The summed E-state index contributed by atoms with van der Waals surface area (Å²) in [5.74, 6) is -1.25. The number of fused-ring (bicyclic) bond motifs is 1. The Morgan fingerprint density at radius 2 is 1.88 bits per heavy atom. The Kier molecular flexibility index (Phi) is 2.50. The maximum Gasteiger partial charge on any atom is 0.325 e. The van der Waals surface area contributed by atoms with Gasteiger partial charge in [0, 0.05) is 5.56 Å². The molecule has 2 rings (SSSR count). The summed E-state index contributed by atoms with van der Waals surface area (Å²) in [6.07, 6.45) is 0. The third-order valence-electron chi connectivity index (χ3n) is 2.52. The molecular formula is C12H11NO3. The lowest BCUT2D eigenvalue weighted by atomic mass is 9.98. The highest BCUT2D eigenvalue weighted by molar-refractivity contribution is 5.92. The minimum Gasteiger partial charge on any atom is -0.508 e. The van der Waals surface area contributed by atoms with Crippen molar-refractivity contribution in [2.24, 2.45) is 5.73 Å². The monoisotopic (exact) mass is 217 g/mol. The fourth-order valence-electron chi connectivity index (χ4n) is 1.73. The Morgan fingerprint density at radius 3 is 2.56 bits per heavy atom. The number of rotatable bonds is 2. The van der Waals surface area contributed by atoms with E-state index in [0.29, 0.717) is 5.39 Å². The van der Waals surface area contributed by atoms with E-state index in [1.54, 1.807) is 18.2 Å². The average Bonchev–Trinajstić information content (AvgIpc) is 2.28. The van der Waals surface area contributed by atoms with Gasteiger partial charge in [-0.2, -0.15) is 0 Å². The summed E-state index contributed by atoms with van der Waals surface area (Å²) in [6, 6.07) is 9.17. The summed E-state index contributed by atoms with van der Waals surface area (Å²) in [5.41, 5.74) is 5.80. The molecule has 4 N–H and O–H groups in total. The van der Waals surface area contributed by atoms with Crippen molar-refractivity contribution in [3.8, 4) is 5.75 Å². The van der Waals surface area contributed by atoms with Gasteiger partial charge in [-0.1, -0.05) is 30.3 Å². The van der Waals surface area contributed by atoms with E-state index >= 15 is 0 Å². The molecule has 0 aromatic heterocycles. The van der Waals surface area contributed by atoms with Crippen molar-refractivity contribution in [3.63, 3.8) is 0 Å². The molecule has 16 heavy (non-hydrogen) atoms. The molecule has 0 aliphatic heterocycles. The fraction of sp³-hybridized carbons (Fsp3) is 0.0833. The summed E-state index contributed by atoms with van der Waals surface area (Å²) in [7, 11) is 0. The van der Waals surface area contributed by atoms with Crippen LogP contribution in [-0.2, 0) is 4.79 Å². The van der Waals surface area contributed by atoms with Crippen LogP contribution < -0.4 is 5.73 Å². The van der Waals surface area contributed by atoms with Crippen molar-refractivity contribution >= 4 is 16.7 Å². The molecule has 4 nitrogen and oxygen atoms in total. The number of phenolic OH excluding ortho intramolecular Hbond substituents is 1. The first-order chi connectivity index (χ1) is 7.61. The number of phenols is 1. The van der Waals surface area contributed by atoms with E-state index in [4.69, 9.17) is 10.8 Å². The lowest BCUT2D eigenvalue weighted by Crippen LogP contribution is -2.21. The van der Waals surface area contributed by atoms with Crippen LogP contribution in [0.3, 0.4) is 0 Å². The molecule has 2 aromatic carbocycles. The van der Waals surface area contributed by atoms with Crippen molar-refractivity contribution in [2.45, 2.75) is 6.04 Å². The Morgan fingerprint density at radius 1 is 1.19 bits per heavy atom. The smallest absolute Gasteiger partial charge is 0.325 e. The summed E-state index contributed by atoms with van der Waals surface area (Å²) in [6.45, 7) is 0. The van der Waals surface area contributed by atoms with Crippen LogP contribution in [0, 0.1) is 0 Å². The van der Waals surface area contributed by atoms with Crippen molar-refractivity contribution in [1.82, 2.24) is 0 Å². The van der Waals surface area contributed by atoms with Crippen LogP contribution in [0.5, 0.6) is 5.75 Å². The minimum absolute atomic E-state index is 0.0893. The third-order valence-corrected chi connectivity index (χ3v) is 2.52. The third kappa shape index (κ3) is 1.59. The van der Waals surface area contributed by atoms with Crippen LogP contribution in [0.25, 0.3) is 10.8 Å². The first-order valence-corrected chi connectivity index (χ1v) is 4.80. The quantitative estimate of drug-likeness (QED) is 0.713. The molecule has 0 saturated carbocycles. The number of aromatic hydroxyl groups is 1. The van der Waals surface area contributed by atoms with Crippen LogP contribution in [0.15, 0.2) is 36.4 Å². The van der Waals surface area contributed by atoms with Gasteiger partial charge >= 0.3 is 5.97 Å². The lowest BCUT2D eigenvalue weighted by molar-refractivity contribution is -0.138. The molecule has 0 radical (unpaired) electrons. The SMILES string of the molecule is NC(C(=O)O)c1c(O)ccc2ccccc12. The molecule has 0 fully saturated rings. The van der Waals surface area contributed by atoms with E-state index in [0.717, 1.165) is 5.39 Å². The Labute approximate surface area is 91.9 Å². The zero-order valence-corrected chi connectivity index (χ0v) is 8.42. The van der Waals surface area contributed by atoms with Gasteiger partial charge in [0.25, 0.3) is 0 Å². The van der Waals surface area contributed by atoms with Crippen LogP contribution in [0.1, 0.15) is 11.6 Å². The number of carboxylic acids is 1. The fourth-order valence-corrected chi connectivity index (χ4v) is 1.73.